The molecule has 0 amide bonds. The van der Waals surface area contributed by atoms with Crippen LogP contribution in [0.1, 0.15) is 5.56 Å². The van der Waals surface area contributed by atoms with Crippen molar-refractivity contribution in [3.8, 4) is 5.69 Å². The molecule has 1 N–H and O–H groups in total. The Morgan fingerprint density at radius 1 is 1.33 bits per heavy atom. The molecule has 2 aromatic heterocycles. The maximum Gasteiger partial charge on any atom is 0.182 e. The number of hydrogen-bond acceptors (Lipinski definition) is 2. The molecule has 90 valence electrons. The Morgan fingerprint density at radius 3 is 2.94 bits per heavy atom. The topological polar surface area (TPSA) is 33.6 Å². The van der Waals surface area contributed by atoms with Crippen LogP contribution in [0.2, 0.25) is 0 Å². The SMILES string of the molecule is Cc1cc(F)cc(-n2c(=S)[nH]c3cnccc32)c1. The predicted molar refractivity (Wildman–Crippen MR) is 70.9 cm³/mol. The summed E-state index contributed by atoms with van der Waals surface area (Å²) in [5.74, 6) is -0.268. The van der Waals surface area contributed by atoms with Gasteiger partial charge in [-0.05, 0) is 49.0 Å². The largest absolute Gasteiger partial charge is 0.329 e. The van der Waals surface area contributed by atoms with E-state index in [1.54, 1.807) is 12.4 Å². The number of imidazole rings is 1. The van der Waals surface area contributed by atoms with E-state index in [4.69, 9.17) is 12.2 Å². The lowest BCUT2D eigenvalue weighted by Gasteiger charge is -2.06. The first-order chi connectivity index (χ1) is 8.65. The summed E-state index contributed by atoms with van der Waals surface area (Å²) in [4.78, 5) is 7.09. The molecule has 0 aliphatic carbocycles. The summed E-state index contributed by atoms with van der Waals surface area (Å²) in [7, 11) is 0. The van der Waals surface area contributed by atoms with E-state index in [1.165, 1.54) is 12.1 Å². The smallest absolute Gasteiger partial charge is 0.182 e. The van der Waals surface area contributed by atoms with Gasteiger partial charge in [0.1, 0.15) is 5.82 Å². The third-order valence-electron chi connectivity index (χ3n) is 2.77. The Kier molecular flexibility index (Phi) is 2.48. The minimum absolute atomic E-state index is 0.268. The van der Waals surface area contributed by atoms with Gasteiger partial charge in [-0.1, -0.05) is 0 Å². The highest BCUT2D eigenvalue weighted by Gasteiger charge is 2.07. The Bertz CT molecular complexity index is 768. The average molecular weight is 259 g/mol. The second kappa shape index (κ2) is 4.03. The molecule has 2 heterocycles. The van der Waals surface area contributed by atoms with Gasteiger partial charge in [-0.15, -0.1) is 0 Å². The molecule has 0 unspecified atom stereocenters. The van der Waals surface area contributed by atoms with E-state index < -0.39 is 0 Å². The lowest BCUT2D eigenvalue weighted by atomic mass is 10.2. The summed E-state index contributed by atoms with van der Waals surface area (Å²) in [5.41, 5.74) is 3.30. The van der Waals surface area contributed by atoms with E-state index in [9.17, 15) is 4.39 Å². The van der Waals surface area contributed by atoms with Gasteiger partial charge in [0, 0.05) is 6.20 Å². The van der Waals surface area contributed by atoms with Crippen LogP contribution >= 0.6 is 12.2 Å². The molecule has 0 saturated heterocycles. The van der Waals surface area contributed by atoms with Gasteiger partial charge in [-0.25, -0.2) is 4.39 Å². The number of H-pyrrole nitrogens is 1. The normalized spacial score (nSPS) is 11.0. The number of halogens is 1. The number of pyridine rings is 1. The molecule has 0 atom stereocenters. The Labute approximate surface area is 108 Å². The average Bonchev–Trinajstić information content (AvgIpc) is 2.63. The fourth-order valence-electron chi connectivity index (χ4n) is 2.06. The Morgan fingerprint density at radius 2 is 2.17 bits per heavy atom. The van der Waals surface area contributed by atoms with Crippen molar-refractivity contribution < 1.29 is 4.39 Å². The fraction of sp³-hybridized carbons (Fsp3) is 0.0769. The number of nitrogens with one attached hydrogen (secondary N) is 1. The summed E-state index contributed by atoms with van der Waals surface area (Å²) >= 11 is 5.28. The third-order valence-corrected chi connectivity index (χ3v) is 3.05. The molecule has 3 rings (SSSR count). The lowest BCUT2D eigenvalue weighted by molar-refractivity contribution is 0.625. The first-order valence-electron chi connectivity index (χ1n) is 5.47. The van der Waals surface area contributed by atoms with Crippen molar-refractivity contribution in [1.82, 2.24) is 14.5 Å². The van der Waals surface area contributed by atoms with Gasteiger partial charge in [0.25, 0.3) is 0 Å². The van der Waals surface area contributed by atoms with Gasteiger partial charge in [-0.3, -0.25) is 9.55 Å². The highest BCUT2D eigenvalue weighted by molar-refractivity contribution is 7.71. The number of aryl methyl sites for hydroxylation is 1. The summed E-state index contributed by atoms with van der Waals surface area (Å²) in [5, 5.41) is 0. The summed E-state index contributed by atoms with van der Waals surface area (Å²) in [6, 6.07) is 6.70. The van der Waals surface area contributed by atoms with Crippen molar-refractivity contribution in [2.75, 3.05) is 0 Å². The molecule has 0 fully saturated rings. The summed E-state index contributed by atoms with van der Waals surface area (Å²) in [6.45, 7) is 1.85. The molecule has 5 heteroatoms. The molecular formula is C13H10FN3S. The van der Waals surface area contributed by atoms with E-state index in [2.05, 4.69) is 9.97 Å². The monoisotopic (exact) mass is 259 g/mol. The van der Waals surface area contributed by atoms with E-state index >= 15 is 0 Å². The third kappa shape index (κ3) is 1.73. The molecule has 18 heavy (non-hydrogen) atoms. The van der Waals surface area contributed by atoms with Crippen molar-refractivity contribution >= 4 is 23.3 Å². The summed E-state index contributed by atoms with van der Waals surface area (Å²) < 4.78 is 15.8. The maximum absolute atomic E-state index is 13.5. The van der Waals surface area contributed by atoms with E-state index in [0.717, 1.165) is 22.3 Å². The van der Waals surface area contributed by atoms with Crippen molar-refractivity contribution in [2.24, 2.45) is 0 Å². The molecule has 0 spiro atoms. The Balaban J connectivity index is 2.37. The number of rotatable bonds is 1. The van der Waals surface area contributed by atoms with Gasteiger partial charge in [0.15, 0.2) is 4.77 Å². The van der Waals surface area contributed by atoms with Gasteiger partial charge >= 0.3 is 0 Å². The first-order valence-corrected chi connectivity index (χ1v) is 5.88. The van der Waals surface area contributed by atoms with E-state index in [1.807, 2.05) is 23.6 Å². The van der Waals surface area contributed by atoms with Gasteiger partial charge in [-0.2, -0.15) is 0 Å². The second-order valence-corrected chi connectivity index (χ2v) is 4.53. The number of hydrogen-bond donors (Lipinski definition) is 1. The zero-order valence-corrected chi connectivity index (χ0v) is 10.5. The molecule has 0 radical (unpaired) electrons. The van der Waals surface area contributed by atoms with E-state index in [-0.39, 0.29) is 5.82 Å². The van der Waals surface area contributed by atoms with Crippen molar-refractivity contribution in [3.63, 3.8) is 0 Å². The van der Waals surface area contributed by atoms with Crippen LogP contribution in [0.4, 0.5) is 4.39 Å². The van der Waals surface area contributed by atoms with Crippen LogP contribution in [-0.2, 0) is 0 Å². The maximum atomic E-state index is 13.5. The van der Waals surface area contributed by atoms with E-state index in [0.29, 0.717) is 4.77 Å². The van der Waals surface area contributed by atoms with Crippen molar-refractivity contribution in [3.05, 3.63) is 52.8 Å². The van der Waals surface area contributed by atoms with Gasteiger partial charge in [0.05, 0.1) is 22.9 Å². The number of aromatic amines is 1. The molecule has 0 aliphatic heterocycles. The lowest BCUT2D eigenvalue weighted by Crippen LogP contribution is -1.95. The molecule has 0 bridgehead atoms. The minimum atomic E-state index is -0.268. The van der Waals surface area contributed by atoms with Crippen LogP contribution in [0.25, 0.3) is 16.7 Å². The van der Waals surface area contributed by atoms with Crippen molar-refractivity contribution in [1.29, 1.82) is 0 Å². The van der Waals surface area contributed by atoms with Crippen LogP contribution in [0.3, 0.4) is 0 Å². The highest BCUT2D eigenvalue weighted by atomic mass is 32.1. The highest BCUT2D eigenvalue weighted by Crippen LogP contribution is 2.20. The molecule has 3 aromatic rings. The number of fused-ring (bicyclic) bond motifs is 1. The molecule has 0 saturated carbocycles. The number of benzene rings is 1. The van der Waals surface area contributed by atoms with Crippen LogP contribution in [0.15, 0.2) is 36.7 Å². The minimum Gasteiger partial charge on any atom is -0.329 e. The van der Waals surface area contributed by atoms with Crippen LogP contribution in [0, 0.1) is 17.5 Å². The molecule has 0 aliphatic rings. The molecule has 1 aromatic carbocycles. The first kappa shape index (κ1) is 11.1. The zero-order chi connectivity index (χ0) is 12.7. The number of nitrogens with zero attached hydrogens (tertiary/aromatic N) is 2. The fourth-order valence-corrected chi connectivity index (χ4v) is 2.38. The quantitative estimate of drug-likeness (QED) is 0.678. The predicted octanol–water partition coefficient (Wildman–Crippen LogP) is 3.53. The second-order valence-electron chi connectivity index (χ2n) is 4.15. The molecular weight excluding hydrogens is 249 g/mol. The van der Waals surface area contributed by atoms with Crippen LogP contribution in [-0.4, -0.2) is 14.5 Å². The summed E-state index contributed by atoms with van der Waals surface area (Å²) in [6.07, 6.45) is 3.39. The Hall–Kier alpha value is -2.01. The number of aromatic nitrogens is 3. The van der Waals surface area contributed by atoms with Crippen molar-refractivity contribution in [2.45, 2.75) is 6.92 Å². The van der Waals surface area contributed by atoms with Gasteiger partial charge in [0.2, 0.25) is 0 Å². The van der Waals surface area contributed by atoms with Crippen LogP contribution in [0.5, 0.6) is 0 Å². The molecule has 3 nitrogen and oxygen atoms in total. The standard InChI is InChI=1S/C13H10FN3S/c1-8-4-9(14)6-10(5-8)17-12-2-3-15-7-11(12)16-13(17)18/h2-7H,1H3,(H,16,18). The zero-order valence-electron chi connectivity index (χ0n) is 9.64. The van der Waals surface area contributed by atoms with Gasteiger partial charge < -0.3 is 4.98 Å². The van der Waals surface area contributed by atoms with Crippen LogP contribution < -0.4 is 0 Å².